The van der Waals surface area contributed by atoms with Crippen molar-refractivity contribution in [2.24, 2.45) is 5.73 Å². The van der Waals surface area contributed by atoms with Crippen molar-refractivity contribution in [3.63, 3.8) is 0 Å². The number of aromatic nitrogens is 2. The first kappa shape index (κ1) is 19.8. The molecule has 2 aromatic heterocycles. The molecule has 144 valence electrons. The fraction of sp³-hybridized carbons (Fsp3) is 0.438. The van der Waals surface area contributed by atoms with Gasteiger partial charge in [0.1, 0.15) is 0 Å². The number of methoxy groups -OCH3 is 1. The largest absolute Gasteiger partial charge is 0.464 e. The molecule has 1 aliphatic rings. The van der Waals surface area contributed by atoms with Gasteiger partial charge in [-0.2, -0.15) is 0 Å². The van der Waals surface area contributed by atoms with E-state index in [4.69, 9.17) is 10.5 Å². The van der Waals surface area contributed by atoms with Gasteiger partial charge in [-0.05, 0) is 25.7 Å². The van der Waals surface area contributed by atoms with E-state index in [0.717, 1.165) is 17.7 Å². The molecule has 2 amide bonds. The molecule has 1 unspecified atom stereocenters. The Balaban J connectivity index is 1.62. The van der Waals surface area contributed by atoms with Crippen molar-refractivity contribution >= 4 is 57.4 Å². The topological polar surface area (TPSA) is 124 Å². The van der Waals surface area contributed by atoms with Crippen molar-refractivity contribution in [1.82, 2.24) is 9.97 Å². The van der Waals surface area contributed by atoms with E-state index in [9.17, 15) is 14.4 Å². The summed E-state index contributed by atoms with van der Waals surface area (Å²) in [6.45, 7) is 1.71. The first-order chi connectivity index (χ1) is 12.9. The Morgan fingerprint density at radius 3 is 2.78 bits per heavy atom. The number of nitrogens with two attached hydrogens (primary N) is 1. The van der Waals surface area contributed by atoms with Crippen LogP contribution in [-0.4, -0.2) is 40.1 Å². The second-order valence-electron chi connectivity index (χ2n) is 5.99. The number of hydrogen-bond donors (Lipinski definition) is 2. The van der Waals surface area contributed by atoms with E-state index in [-0.39, 0.29) is 23.3 Å². The van der Waals surface area contributed by atoms with Gasteiger partial charge in [0, 0.05) is 10.3 Å². The number of thiazole rings is 2. The lowest BCUT2D eigenvalue weighted by atomic mass is 10.3. The van der Waals surface area contributed by atoms with Crippen LogP contribution in [0.25, 0.3) is 0 Å². The average Bonchev–Trinajstić information content (AvgIpc) is 3.25. The fourth-order valence-corrected chi connectivity index (χ4v) is 5.28. The average molecular weight is 427 g/mol. The highest BCUT2D eigenvalue weighted by Gasteiger charge is 2.32. The highest BCUT2D eigenvalue weighted by molar-refractivity contribution is 8.02. The number of ether oxygens (including phenoxy) is 1. The lowest BCUT2D eigenvalue weighted by Crippen LogP contribution is -2.22. The maximum Gasteiger partial charge on any atom is 0.357 e. The molecule has 0 radical (unpaired) electrons. The Labute approximate surface area is 167 Å². The van der Waals surface area contributed by atoms with E-state index in [1.807, 2.05) is 0 Å². The lowest BCUT2D eigenvalue weighted by molar-refractivity contribution is -0.117. The first-order valence-electron chi connectivity index (χ1n) is 8.16. The zero-order chi connectivity index (χ0) is 19.6. The third-order valence-electron chi connectivity index (χ3n) is 3.78. The van der Waals surface area contributed by atoms with Crippen LogP contribution < -0.4 is 11.1 Å². The number of anilines is 1. The van der Waals surface area contributed by atoms with Crippen LogP contribution in [0, 0.1) is 0 Å². The number of esters is 1. The minimum atomic E-state index is -0.488. The third-order valence-corrected chi connectivity index (χ3v) is 7.05. The zero-order valence-corrected chi connectivity index (χ0v) is 17.1. The van der Waals surface area contributed by atoms with Crippen LogP contribution in [0.1, 0.15) is 46.7 Å². The van der Waals surface area contributed by atoms with E-state index >= 15 is 0 Å². The summed E-state index contributed by atoms with van der Waals surface area (Å²) in [5.41, 5.74) is 6.13. The highest BCUT2D eigenvalue weighted by atomic mass is 32.2. The number of carbonyl (C=O) groups excluding carboxylic acids is 3. The molecule has 1 fully saturated rings. The van der Waals surface area contributed by atoms with Crippen LogP contribution in [0.3, 0.4) is 0 Å². The van der Waals surface area contributed by atoms with Gasteiger partial charge in [0.15, 0.2) is 15.2 Å². The number of hydrogen-bond acceptors (Lipinski definition) is 9. The number of nitrogens with one attached hydrogen (secondary N) is 1. The van der Waals surface area contributed by atoms with Crippen molar-refractivity contribution in [3.05, 3.63) is 21.6 Å². The molecule has 1 aliphatic carbocycles. The summed E-state index contributed by atoms with van der Waals surface area (Å²) in [5, 5.41) is 4.50. The standard InChI is InChI=1S/C16H18N4O4S3/c1-7(13(17)22)26-16-18-9(6-25-16)5-10(21)19-15-20-11(14(23)24-2)12(27-15)8-3-4-8/h6-8H,3-5H2,1-2H3,(H2,17,22)(H,19,20,21). The predicted octanol–water partition coefficient (Wildman–Crippen LogP) is 2.41. The second kappa shape index (κ2) is 8.36. The molecular weight excluding hydrogens is 408 g/mol. The van der Waals surface area contributed by atoms with Gasteiger partial charge in [0.2, 0.25) is 11.8 Å². The van der Waals surface area contributed by atoms with Crippen LogP contribution >= 0.6 is 34.4 Å². The maximum atomic E-state index is 12.3. The van der Waals surface area contributed by atoms with Crippen molar-refractivity contribution in [3.8, 4) is 0 Å². The molecule has 1 atom stereocenters. The van der Waals surface area contributed by atoms with E-state index in [2.05, 4.69) is 15.3 Å². The SMILES string of the molecule is COC(=O)c1nc(NC(=O)Cc2csc(SC(C)C(N)=O)n2)sc1C1CC1. The summed E-state index contributed by atoms with van der Waals surface area (Å²) in [5.74, 6) is -0.843. The first-order valence-corrected chi connectivity index (χ1v) is 10.7. The minimum absolute atomic E-state index is 0.0773. The Hall–Kier alpha value is -1.98. The van der Waals surface area contributed by atoms with Crippen LogP contribution in [-0.2, 0) is 20.7 Å². The third kappa shape index (κ3) is 5.05. The number of thioether (sulfide) groups is 1. The Bertz CT molecular complexity index is 875. The van der Waals surface area contributed by atoms with Gasteiger partial charge < -0.3 is 15.8 Å². The summed E-state index contributed by atoms with van der Waals surface area (Å²) in [6, 6.07) is 0. The van der Waals surface area contributed by atoms with Gasteiger partial charge in [-0.25, -0.2) is 14.8 Å². The fourth-order valence-electron chi connectivity index (χ4n) is 2.21. The van der Waals surface area contributed by atoms with Crippen molar-refractivity contribution in [1.29, 1.82) is 0 Å². The zero-order valence-electron chi connectivity index (χ0n) is 14.7. The highest BCUT2D eigenvalue weighted by Crippen LogP contribution is 2.45. The number of amides is 2. The normalized spacial score (nSPS) is 14.6. The summed E-state index contributed by atoms with van der Waals surface area (Å²) in [4.78, 5) is 44.7. The van der Waals surface area contributed by atoms with Gasteiger partial charge in [0.05, 0.1) is 24.5 Å². The van der Waals surface area contributed by atoms with Crippen molar-refractivity contribution in [2.75, 3.05) is 12.4 Å². The van der Waals surface area contributed by atoms with E-state index in [1.54, 1.807) is 12.3 Å². The monoisotopic (exact) mass is 426 g/mol. The van der Waals surface area contributed by atoms with E-state index in [0.29, 0.717) is 21.1 Å². The molecule has 0 bridgehead atoms. The molecule has 11 heteroatoms. The summed E-state index contributed by atoms with van der Waals surface area (Å²) >= 11 is 3.94. The molecule has 2 aromatic rings. The van der Waals surface area contributed by atoms with Crippen molar-refractivity contribution in [2.45, 2.75) is 41.7 Å². The lowest BCUT2D eigenvalue weighted by Gasteiger charge is -2.02. The predicted molar refractivity (Wildman–Crippen MR) is 104 cm³/mol. The maximum absolute atomic E-state index is 12.3. The molecule has 0 spiro atoms. The molecule has 27 heavy (non-hydrogen) atoms. The molecule has 1 saturated carbocycles. The van der Waals surface area contributed by atoms with Gasteiger partial charge in [-0.3, -0.25) is 9.59 Å². The summed E-state index contributed by atoms with van der Waals surface area (Å²) < 4.78 is 5.45. The number of nitrogens with zero attached hydrogens (tertiary/aromatic N) is 2. The Kier molecular flexibility index (Phi) is 6.12. The van der Waals surface area contributed by atoms with Crippen LogP contribution in [0.5, 0.6) is 0 Å². The van der Waals surface area contributed by atoms with Crippen molar-refractivity contribution < 1.29 is 19.1 Å². The number of carbonyl (C=O) groups is 3. The Morgan fingerprint density at radius 1 is 1.41 bits per heavy atom. The van der Waals surface area contributed by atoms with Crippen LogP contribution in [0.2, 0.25) is 0 Å². The number of primary amides is 1. The van der Waals surface area contributed by atoms with Gasteiger partial charge >= 0.3 is 5.97 Å². The second-order valence-corrected chi connectivity index (χ2v) is 9.47. The molecule has 0 saturated heterocycles. The van der Waals surface area contributed by atoms with E-state index in [1.165, 1.54) is 41.5 Å². The van der Waals surface area contributed by atoms with Gasteiger partial charge in [0.25, 0.3) is 0 Å². The molecule has 3 rings (SSSR count). The quantitative estimate of drug-likeness (QED) is 0.490. The van der Waals surface area contributed by atoms with Gasteiger partial charge in [-0.1, -0.05) is 11.8 Å². The molecule has 0 aliphatic heterocycles. The Morgan fingerprint density at radius 2 is 2.15 bits per heavy atom. The van der Waals surface area contributed by atoms with Gasteiger partial charge in [-0.15, -0.1) is 22.7 Å². The molecule has 3 N–H and O–H groups in total. The summed E-state index contributed by atoms with van der Waals surface area (Å²) in [7, 11) is 1.31. The molecule has 2 heterocycles. The minimum Gasteiger partial charge on any atom is -0.464 e. The summed E-state index contributed by atoms with van der Waals surface area (Å²) in [6.07, 6.45) is 2.11. The molecule has 8 nitrogen and oxygen atoms in total. The van der Waals surface area contributed by atoms with Crippen LogP contribution in [0.4, 0.5) is 5.13 Å². The molecular formula is C16H18N4O4S3. The van der Waals surface area contributed by atoms with Crippen LogP contribution in [0.15, 0.2) is 9.72 Å². The number of rotatable bonds is 8. The molecule has 0 aromatic carbocycles. The van der Waals surface area contributed by atoms with E-state index < -0.39 is 11.9 Å². The smallest absolute Gasteiger partial charge is 0.357 e.